The van der Waals surface area contributed by atoms with Gasteiger partial charge in [0, 0.05) is 23.7 Å². The molecule has 98 valence electrons. The molecule has 0 aliphatic rings. The van der Waals surface area contributed by atoms with Crippen molar-refractivity contribution < 1.29 is 0 Å². The van der Waals surface area contributed by atoms with E-state index in [0.29, 0.717) is 6.04 Å². The van der Waals surface area contributed by atoms with Gasteiger partial charge in [0.05, 0.1) is 10.5 Å². The van der Waals surface area contributed by atoms with Gasteiger partial charge in [0.1, 0.15) is 0 Å². The average molecular weight is 284 g/mol. The van der Waals surface area contributed by atoms with E-state index >= 15 is 0 Å². The molecule has 1 unspecified atom stereocenters. The van der Waals surface area contributed by atoms with Gasteiger partial charge in [0.2, 0.25) is 0 Å². The van der Waals surface area contributed by atoms with Crippen LogP contribution in [0, 0.1) is 0 Å². The normalized spacial score (nSPS) is 12.8. The molecule has 0 spiro atoms. The van der Waals surface area contributed by atoms with Crippen LogP contribution in [0.15, 0.2) is 24.5 Å². The first-order valence-electron chi connectivity index (χ1n) is 6.22. The third kappa shape index (κ3) is 3.34. The maximum atomic E-state index is 6.01. The fourth-order valence-corrected chi connectivity index (χ4v) is 3.09. The highest BCUT2D eigenvalue weighted by atomic mass is 35.5. The highest BCUT2D eigenvalue weighted by Crippen LogP contribution is 2.28. The Morgan fingerprint density at radius 3 is 2.83 bits per heavy atom. The molecule has 0 saturated heterocycles. The Balaban J connectivity index is 2.10. The van der Waals surface area contributed by atoms with E-state index in [2.05, 4.69) is 36.5 Å². The van der Waals surface area contributed by atoms with Gasteiger partial charge in [-0.2, -0.15) is 5.10 Å². The van der Waals surface area contributed by atoms with E-state index in [1.54, 1.807) is 11.3 Å². The number of likely N-dealkylation sites (N-methyl/N-ethyl adjacent to an activating group) is 1. The van der Waals surface area contributed by atoms with E-state index in [1.807, 2.05) is 16.9 Å². The Morgan fingerprint density at radius 1 is 1.44 bits per heavy atom. The average Bonchev–Trinajstić information content (AvgIpc) is 2.97. The van der Waals surface area contributed by atoms with Crippen LogP contribution in [0.5, 0.6) is 0 Å². The maximum absolute atomic E-state index is 6.01. The van der Waals surface area contributed by atoms with E-state index in [-0.39, 0.29) is 0 Å². The molecule has 3 nitrogen and oxygen atoms in total. The molecule has 0 aliphatic heterocycles. The van der Waals surface area contributed by atoms with Gasteiger partial charge in [0.25, 0.3) is 0 Å². The van der Waals surface area contributed by atoms with Gasteiger partial charge in [0.15, 0.2) is 0 Å². The second-order valence-electron chi connectivity index (χ2n) is 4.16. The molecule has 1 N–H and O–H groups in total. The van der Waals surface area contributed by atoms with Crippen LogP contribution in [0.4, 0.5) is 0 Å². The zero-order valence-electron chi connectivity index (χ0n) is 10.7. The Labute approximate surface area is 117 Å². The maximum Gasteiger partial charge on any atom is 0.0931 e. The number of nitrogens with zero attached hydrogens (tertiary/aromatic N) is 2. The van der Waals surface area contributed by atoms with Gasteiger partial charge in [-0.25, -0.2) is 0 Å². The SMILES string of the molecule is CCNC(Cc1cnn(CC)c1)c1ccc(Cl)s1. The summed E-state index contributed by atoms with van der Waals surface area (Å²) in [7, 11) is 0. The summed E-state index contributed by atoms with van der Waals surface area (Å²) in [4.78, 5) is 1.28. The molecule has 18 heavy (non-hydrogen) atoms. The van der Waals surface area contributed by atoms with Crippen LogP contribution in [0.1, 0.15) is 30.3 Å². The number of aromatic nitrogens is 2. The van der Waals surface area contributed by atoms with Crippen LogP contribution in [0.25, 0.3) is 0 Å². The van der Waals surface area contributed by atoms with Crippen molar-refractivity contribution in [2.24, 2.45) is 0 Å². The summed E-state index contributed by atoms with van der Waals surface area (Å²) in [5.74, 6) is 0. The molecule has 5 heteroatoms. The summed E-state index contributed by atoms with van der Waals surface area (Å²) in [6, 6.07) is 4.38. The summed E-state index contributed by atoms with van der Waals surface area (Å²) in [5.41, 5.74) is 1.26. The standard InChI is InChI=1S/C13H18ClN3S/c1-3-15-11(12-5-6-13(14)18-12)7-10-8-16-17(4-2)9-10/h5-6,8-9,11,15H,3-4,7H2,1-2H3. The summed E-state index contributed by atoms with van der Waals surface area (Å²) in [6.45, 7) is 6.08. The van der Waals surface area contributed by atoms with Crippen LogP contribution in [0.2, 0.25) is 4.34 Å². The van der Waals surface area contributed by atoms with Crippen molar-refractivity contribution >= 4 is 22.9 Å². The molecule has 0 fully saturated rings. The van der Waals surface area contributed by atoms with Crippen LogP contribution in [0.3, 0.4) is 0 Å². The smallest absolute Gasteiger partial charge is 0.0931 e. The Hall–Kier alpha value is -0.840. The van der Waals surface area contributed by atoms with Crippen LogP contribution >= 0.6 is 22.9 Å². The van der Waals surface area contributed by atoms with Crippen molar-refractivity contribution in [3.05, 3.63) is 39.3 Å². The zero-order valence-corrected chi connectivity index (χ0v) is 12.3. The van der Waals surface area contributed by atoms with E-state index < -0.39 is 0 Å². The number of nitrogens with one attached hydrogen (secondary N) is 1. The van der Waals surface area contributed by atoms with Gasteiger partial charge >= 0.3 is 0 Å². The molecule has 0 bridgehead atoms. The minimum atomic E-state index is 0.321. The number of aryl methyl sites for hydroxylation is 1. The molecule has 2 heterocycles. The van der Waals surface area contributed by atoms with Crippen molar-refractivity contribution in [3.8, 4) is 0 Å². The summed E-state index contributed by atoms with van der Waals surface area (Å²) in [6.07, 6.45) is 5.01. The largest absolute Gasteiger partial charge is 0.309 e. The Morgan fingerprint density at radius 2 is 2.28 bits per heavy atom. The zero-order chi connectivity index (χ0) is 13.0. The first kappa shape index (κ1) is 13.6. The van der Waals surface area contributed by atoms with Crippen molar-refractivity contribution in [2.45, 2.75) is 32.9 Å². The lowest BCUT2D eigenvalue weighted by Gasteiger charge is -2.15. The molecule has 0 aliphatic carbocycles. The first-order chi connectivity index (χ1) is 8.72. The minimum Gasteiger partial charge on any atom is -0.309 e. The predicted molar refractivity (Wildman–Crippen MR) is 77.4 cm³/mol. The van der Waals surface area contributed by atoms with E-state index in [0.717, 1.165) is 23.8 Å². The second-order valence-corrected chi connectivity index (χ2v) is 5.91. The third-order valence-corrected chi connectivity index (χ3v) is 4.18. The predicted octanol–water partition coefficient (Wildman–Crippen LogP) is 3.51. The minimum absolute atomic E-state index is 0.321. The summed E-state index contributed by atoms with van der Waals surface area (Å²) in [5, 5.41) is 7.82. The fraction of sp³-hybridized carbons (Fsp3) is 0.462. The molecular formula is C13H18ClN3S. The van der Waals surface area contributed by atoms with Crippen LogP contribution in [-0.2, 0) is 13.0 Å². The highest BCUT2D eigenvalue weighted by molar-refractivity contribution is 7.16. The molecule has 2 aromatic rings. The number of hydrogen-bond donors (Lipinski definition) is 1. The molecule has 2 rings (SSSR count). The van der Waals surface area contributed by atoms with Gasteiger partial charge < -0.3 is 5.32 Å². The topological polar surface area (TPSA) is 29.9 Å². The summed E-state index contributed by atoms with van der Waals surface area (Å²) < 4.78 is 2.80. The molecule has 2 aromatic heterocycles. The van der Waals surface area contributed by atoms with E-state index in [1.165, 1.54) is 10.4 Å². The Bertz CT molecular complexity index is 492. The second kappa shape index (κ2) is 6.36. The monoisotopic (exact) mass is 283 g/mol. The van der Waals surface area contributed by atoms with Gasteiger partial charge in [-0.05, 0) is 37.6 Å². The molecule has 0 amide bonds. The molecule has 1 atom stereocenters. The van der Waals surface area contributed by atoms with Crippen LogP contribution < -0.4 is 5.32 Å². The third-order valence-electron chi connectivity index (χ3n) is 2.84. The number of rotatable bonds is 6. The number of thiophene rings is 1. The van der Waals surface area contributed by atoms with Crippen molar-refractivity contribution in [2.75, 3.05) is 6.54 Å². The number of hydrogen-bond acceptors (Lipinski definition) is 3. The summed E-state index contributed by atoms with van der Waals surface area (Å²) >= 11 is 7.65. The lowest BCUT2D eigenvalue weighted by atomic mass is 10.1. The first-order valence-corrected chi connectivity index (χ1v) is 7.42. The van der Waals surface area contributed by atoms with Gasteiger partial charge in [-0.1, -0.05) is 18.5 Å². The molecular weight excluding hydrogens is 266 g/mol. The van der Waals surface area contributed by atoms with E-state index in [4.69, 9.17) is 11.6 Å². The van der Waals surface area contributed by atoms with Gasteiger partial charge in [-0.3, -0.25) is 4.68 Å². The highest BCUT2D eigenvalue weighted by Gasteiger charge is 2.14. The number of halogens is 1. The molecule has 0 saturated carbocycles. The lowest BCUT2D eigenvalue weighted by Crippen LogP contribution is -2.21. The quantitative estimate of drug-likeness (QED) is 0.879. The van der Waals surface area contributed by atoms with Crippen molar-refractivity contribution in [3.63, 3.8) is 0 Å². The van der Waals surface area contributed by atoms with E-state index in [9.17, 15) is 0 Å². The molecule has 0 aromatic carbocycles. The fourth-order valence-electron chi connectivity index (χ4n) is 1.96. The van der Waals surface area contributed by atoms with Crippen LogP contribution in [-0.4, -0.2) is 16.3 Å². The lowest BCUT2D eigenvalue weighted by molar-refractivity contribution is 0.557. The Kier molecular flexibility index (Phi) is 4.80. The van der Waals surface area contributed by atoms with Crippen molar-refractivity contribution in [1.29, 1.82) is 0 Å². The van der Waals surface area contributed by atoms with Crippen molar-refractivity contribution in [1.82, 2.24) is 15.1 Å². The van der Waals surface area contributed by atoms with Gasteiger partial charge in [-0.15, -0.1) is 11.3 Å². The molecule has 0 radical (unpaired) electrons.